The topological polar surface area (TPSA) is 50.1 Å². The first kappa shape index (κ1) is 12.6. The zero-order valence-electron chi connectivity index (χ0n) is 9.32. The molecule has 1 aromatic carbocycles. The van der Waals surface area contributed by atoms with Crippen LogP contribution in [0.1, 0.15) is 18.1 Å². The van der Waals surface area contributed by atoms with E-state index in [-0.39, 0.29) is 11.7 Å². The third-order valence-electron chi connectivity index (χ3n) is 1.91. The molecule has 4 heteroatoms. The smallest absolute Gasteiger partial charge is 0.316 e. The Morgan fingerprint density at radius 1 is 1.56 bits per heavy atom. The van der Waals surface area contributed by atoms with E-state index >= 15 is 0 Å². The maximum absolute atomic E-state index is 11.2. The molecule has 84 valence electrons. The van der Waals surface area contributed by atoms with E-state index in [2.05, 4.69) is 6.07 Å². The van der Waals surface area contributed by atoms with Crippen molar-refractivity contribution in [3.05, 3.63) is 29.3 Å². The molecule has 0 fully saturated rings. The van der Waals surface area contributed by atoms with Crippen LogP contribution in [0, 0.1) is 18.3 Å². The second-order valence-corrected chi connectivity index (χ2v) is 4.22. The number of hydrogen-bond donors (Lipinski definition) is 0. The molecule has 3 nitrogen and oxygen atoms in total. The molecule has 0 atom stereocenters. The Balaban J connectivity index is 2.70. The predicted octanol–water partition coefficient (Wildman–Crippen LogP) is 2.52. The molecule has 0 aliphatic rings. The van der Waals surface area contributed by atoms with E-state index < -0.39 is 0 Å². The molecule has 1 aromatic rings. The first-order valence-corrected chi connectivity index (χ1v) is 5.95. The number of thioether (sulfide) groups is 1. The Morgan fingerprint density at radius 2 is 2.31 bits per heavy atom. The molecule has 0 aliphatic carbocycles. The lowest BCUT2D eigenvalue weighted by atomic mass is 10.2. The van der Waals surface area contributed by atoms with Crippen molar-refractivity contribution in [1.29, 1.82) is 5.26 Å². The number of carbonyl (C=O) groups is 1. The van der Waals surface area contributed by atoms with E-state index in [4.69, 9.17) is 10.00 Å². The van der Waals surface area contributed by atoms with Crippen molar-refractivity contribution >= 4 is 17.7 Å². The summed E-state index contributed by atoms with van der Waals surface area (Å²) in [5.41, 5.74) is 1.67. The molecule has 0 unspecified atom stereocenters. The number of benzene rings is 1. The second-order valence-electron chi connectivity index (χ2n) is 3.21. The molecule has 0 bridgehead atoms. The van der Waals surface area contributed by atoms with Crippen LogP contribution in [0.5, 0.6) is 0 Å². The fraction of sp³-hybridized carbons (Fsp3) is 0.333. The van der Waals surface area contributed by atoms with Crippen LogP contribution in [0.3, 0.4) is 0 Å². The number of nitriles is 1. The summed E-state index contributed by atoms with van der Waals surface area (Å²) in [5.74, 6) is -0.00991. The first-order chi connectivity index (χ1) is 7.67. The Morgan fingerprint density at radius 3 is 2.94 bits per heavy atom. The summed E-state index contributed by atoms with van der Waals surface area (Å²) in [4.78, 5) is 12.0. The molecule has 16 heavy (non-hydrogen) atoms. The molecular weight excluding hydrogens is 222 g/mol. The van der Waals surface area contributed by atoms with E-state index in [1.165, 1.54) is 11.8 Å². The Kier molecular flexibility index (Phi) is 4.87. The van der Waals surface area contributed by atoms with Crippen molar-refractivity contribution in [3.8, 4) is 6.07 Å². The van der Waals surface area contributed by atoms with Gasteiger partial charge >= 0.3 is 5.97 Å². The largest absolute Gasteiger partial charge is 0.465 e. The van der Waals surface area contributed by atoms with Gasteiger partial charge in [0.05, 0.1) is 17.9 Å². The fourth-order valence-electron chi connectivity index (χ4n) is 1.18. The average molecular weight is 235 g/mol. The number of nitrogens with zero attached hydrogens (tertiary/aromatic N) is 1. The standard InChI is InChI=1S/C12H13NO2S/c1-3-15-12(14)8-16-11-6-9(2)4-5-10(11)7-13/h4-6H,3,8H2,1-2H3. The van der Waals surface area contributed by atoms with Crippen LogP contribution in [0.25, 0.3) is 0 Å². The van der Waals surface area contributed by atoms with E-state index in [0.717, 1.165) is 10.5 Å². The molecule has 1 rings (SSSR count). The predicted molar refractivity (Wildman–Crippen MR) is 63.3 cm³/mol. The third-order valence-corrected chi connectivity index (χ3v) is 2.94. The zero-order valence-corrected chi connectivity index (χ0v) is 10.1. The van der Waals surface area contributed by atoms with Gasteiger partial charge in [0.1, 0.15) is 6.07 Å². The normalized spacial score (nSPS) is 9.56. The van der Waals surface area contributed by atoms with Gasteiger partial charge in [0.15, 0.2) is 0 Å². The van der Waals surface area contributed by atoms with Gasteiger partial charge in [-0.1, -0.05) is 6.07 Å². The molecule has 0 saturated carbocycles. The van der Waals surface area contributed by atoms with Crippen molar-refractivity contribution in [1.82, 2.24) is 0 Å². The highest BCUT2D eigenvalue weighted by molar-refractivity contribution is 8.00. The van der Waals surface area contributed by atoms with Crippen LogP contribution in [0.4, 0.5) is 0 Å². The van der Waals surface area contributed by atoms with Gasteiger partial charge in [-0.25, -0.2) is 0 Å². The number of rotatable bonds is 4. The number of carbonyl (C=O) groups excluding carboxylic acids is 1. The summed E-state index contributed by atoms with van der Waals surface area (Å²) in [6, 6.07) is 7.66. The van der Waals surface area contributed by atoms with Crippen LogP contribution < -0.4 is 0 Å². The molecule has 0 amide bonds. The van der Waals surface area contributed by atoms with Crippen LogP contribution in [-0.4, -0.2) is 18.3 Å². The summed E-state index contributed by atoms with van der Waals surface area (Å²) in [5, 5.41) is 8.90. The Bertz CT molecular complexity index is 424. The highest BCUT2D eigenvalue weighted by Gasteiger charge is 2.07. The van der Waals surface area contributed by atoms with Crippen molar-refractivity contribution < 1.29 is 9.53 Å². The summed E-state index contributed by atoms with van der Waals surface area (Å²) in [6.45, 7) is 4.11. The molecular formula is C12H13NO2S. The molecule has 0 N–H and O–H groups in total. The van der Waals surface area contributed by atoms with Crippen LogP contribution >= 0.6 is 11.8 Å². The molecule has 0 radical (unpaired) electrons. The minimum absolute atomic E-state index is 0.242. The first-order valence-electron chi connectivity index (χ1n) is 4.96. The van der Waals surface area contributed by atoms with Crippen molar-refractivity contribution in [2.75, 3.05) is 12.4 Å². The highest BCUT2D eigenvalue weighted by atomic mass is 32.2. The molecule has 0 heterocycles. The van der Waals surface area contributed by atoms with Crippen molar-refractivity contribution in [3.63, 3.8) is 0 Å². The fourth-order valence-corrected chi connectivity index (χ4v) is 2.08. The maximum atomic E-state index is 11.2. The van der Waals surface area contributed by atoms with Gasteiger partial charge in [0.2, 0.25) is 0 Å². The van der Waals surface area contributed by atoms with Gasteiger partial charge < -0.3 is 4.74 Å². The van der Waals surface area contributed by atoms with Gasteiger partial charge in [-0.2, -0.15) is 5.26 Å². The molecule has 0 aliphatic heterocycles. The Labute approximate surface area is 99.4 Å². The summed E-state index contributed by atoms with van der Waals surface area (Å²) in [6.07, 6.45) is 0. The van der Waals surface area contributed by atoms with E-state index in [9.17, 15) is 4.79 Å². The maximum Gasteiger partial charge on any atom is 0.316 e. The highest BCUT2D eigenvalue weighted by Crippen LogP contribution is 2.23. The van der Waals surface area contributed by atoms with E-state index in [1.807, 2.05) is 19.1 Å². The monoisotopic (exact) mass is 235 g/mol. The lowest BCUT2D eigenvalue weighted by Gasteiger charge is -2.04. The third kappa shape index (κ3) is 3.59. The number of hydrogen-bond acceptors (Lipinski definition) is 4. The number of esters is 1. The minimum atomic E-state index is -0.252. The molecule has 0 spiro atoms. The van der Waals surface area contributed by atoms with E-state index in [0.29, 0.717) is 12.2 Å². The summed E-state index contributed by atoms with van der Waals surface area (Å²) in [7, 11) is 0. The molecule has 0 saturated heterocycles. The lowest BCUT2D eigenvalue weighted by molar-refractivity contribution is -0.139. The summed E-state index contributed by atoms with van der Waals surface area (Å²) < 4.78 is 4.82. The van der Waals surface area contributed by atoms with Crippen molar-refractivity contribution in [2.45, 2.75) is 18.7 Å². The van der Waals surface area contributed by atoms with Crippen LogP contribution in [-0.2, 0) is 9.53 Å². The Hall–Kier alpha value is -1.47. The second kappa shape index (κ2) is 6.19. The van der Waals surface area contributed by atoms with Gasteiger partial charge in [-0.3, -0.25) is 4.79 Å². The lowest BCUT2D eigenvalue weighted by Crippen LogP contribution is -2.06. The molecule has 0 aromatic heterocycles. The van der Waals surface area contributed by atoms with Crippen LogP contribution in [0.15, 0.2) is 23.1 Å². The van der Waals surface area contributed by atoms with Crippen molar-refractivity contribution in [2.24, 2.45) is 0 Å². The van der Waals surface area contributed by atoms with Gasteiger partial charge in [0.25, 0.3) is 0 Å². The minimum Gasteiger partial charge on any atom is -0.465 e. The van der Waals surface area contributed by atoms with Gasteiger partial charge in [-0.05, 0) is 31.5 Å². The van der Waals surface area contributed by atoms with E-state index in [1.54, 1.807) is 13.0 Å². The zero-order chi connectivity index (χ0) is 12.0. The quantitative estimate of drug-likeness (QED) is 0.594. The SMILES string of the molecule is CCOC(=O)CSc1cc(C)ccc1C#N. The van der Waals surface area contributed by atoms with Gasteiger partial charge in [0, 0.05) is 4.90 Å². The van der Waals surface area contributed by atoms with Gasteiger partial charge in [-0.15, -0.1) is 11.8 Å². The average Bonchev–Trinajstić information content (AvgIpc) is 2.27. The number of aryl methyl sites for hydroxylation is 1. The van der Waals surface area contributed by atoms with Crippen LogP contribution in [0.2, 0.25) is 0 Å². The number of ether oxygens (including phenoxy) is 1. The summed E-state index contributed by atoms with van der Waals surface area (Å²) >= 11 is 1.34.